The normalized spacial score (nSPS) is 10.7. The van der Waals surface area contributed by atoms with E-state index in [1.54, 1.807) is 6.20 Å². The Morgan fingerprint density at radius 1 is 1.39 bits per heavy atom. The number of ether oxygens (including phenoxy) is 1. The molecule has 0 unspecified atom stereocenters. The van der Waals surface area contributed by atoms with Crippen LogP contribution in [0.1, 0.15) is 43.1 Å². The quantitative estimate of drug-likeness (QED) is 0.519. The van der Waals surface area contributed by atoms with Gasteiger partial charge in [-0.1, -0.05) is 17.9 Å². The maximum absolute atomic E-state index is 11.5. The second kappa shape index (κ2) is 7.01. The van der Waals surface area contributed by atoms with Crippen LogP contribution in [0.15, 0.2) is 24.4 Å². The first-order chi connectivity index (χ1) is 10.9. The molecule has 1 heterocycles. The number of hydrogen-bond donors (Lipinski definition) is 2. The highest BCUT2D eigenvalue weighted by atomic mass is 16.6. The summed E-state index contributed by atoms with van der Waals surface area (Å²) in [6.45, 7) is 5.89. The smallest absolute Gasteiger partial charge is 0.407 e. The Hall–Kier alpha value is -2.74. The zero-order chi connectivity index (χ0) is 16.9. The highest BCUT2D eigenvalue weighted by molar-refractivity contribution is 5.97. The molecule has 1 aromatic heterocycles. The lowest BCUT2D eigenvalue weighted by molar-refractivity contribution is 0.0529. The SMILES string of the molecule is CC(C)(C)OC(=O)NCCC#Cc1ccc2c(C=O)c[nH]c2c1. The van der Waals surface area contributed by atoms with E-state index in [9.17, 15) is 9.59 Å². The molecule has 2 N–H and O–H groups in total. The minimum Gasteiger partial charge on any atom is -0.444 e. The summed E-state index contributed by atoms with van der Waals surface area (Å²) in [5, 5.41) is 3.54. The molecule has 0 saturated heterocycles. The van der Waals surface area contributed by atoms with E-state index in [1.807, 2.05) is 39.0 Å². The van der Waals surface area contributed by atoms with Gasteiger partial charge < -0.3 is 15.0 Å². The van der Waals surface area contributed by atoms with Crippen molar-refractivity contribution in [1.29, 1.82) is 0 Å². The van der Waals surface area contributed by atoms with Gasteiger partial charge in [-0.25, -0.2) is 4.79 Å². The van der Waals surface area contributed by atoms with Crippen molar-refractivity contribution in [2.45, 2.75) is 32.8 Å². The molecular formula is C18H20N2O3. The van der Waals surface area contributed by atoms with Crippen LogP contribution in [-0.4, -0.2) is 29.5 Å². The maximum Gasteiger partial charge on any atom is 0.407 e. The molecule has 0 bridgehead atoms. The Balaban J connectivity index is 1.88. The van der Waals surface area contributed by atoms with Gasteiger partial charge in [-0.15, -0.1) is 0 Å². The molecule has 2 aromatic rings. The number of benzene rings is 1. The summed E-state index contributed by atoms with van der Waals surface area (Å²) < 4.78 is 5.13. The van der Waals surface area contributed by atoms with E-state index in [0.29, 0.717) is 18.5 Å². The van der Waals surface area contributed by atoms with Crippen LogP contribution in [0.5, 0.6) is 0 Å². The molecule has 0 spiro atoms. The lowest BCUT2D eigenvalue weighted by Gasteiger charge is -2.19. The highest BCUT2D eigenvalue weighted by Gasteiger charge is 2.15. The summed E-state index contributed by atoms with van der Waals surface area (Å²) in [6.07, 6.45) is 2.60. The molecule has 5 heteroatoms. The van der Waals surface area contributed by atoms with Crippen molar-refractivity contribution < 1.29 is 14.3 Å². The first kappa shape index (κ1) is 16.6. The third-order valence-corrected chi connectivity index (χ3v) is 2.99. The number of aldehydes is 1. The number of aromatic nitrogens is 1. The number of rotatable bonds is 3. The molecule has 0 fully saturated rings. The molecule has 0 aliphatic heterocycles. The summed E-state index contributed by atoms with van der Waals surface area (Å²) in [7, 11) is 0. The molecule has 5 nitrogen and oxygen atoms in total. The largest absolute Gasteiger partial charge is 0.444 e. The summed E-state index contributed by atoms with van der Waals surface area (Å²) in [5.74, 6) is 6.04. The fourth-order valence-corrected chi connectivity index (χ4v) is 2.03. The van der Waals surface area contributed by atoms with Crippen molar-refractivity contribution in [3.8, 4) is 11.8 Å². The lowest BCUT2D eigenvalue weighted by Crippen LogP contribution is -2.32. The van der Waals surface area contributed by atoms with Gasteiger partial charge in [0.15, 0.2) is 6.29 Å². The van der Waals surface area contributed by atoms with Gasteiger partial charge in [0.25, 0.3) is 0 Å². The van der Waals surface area contributed by atoms with Crippen LogP contribution in [0.3, 0.4) is 0 Å². The van der Waals surface area contributed by atoms with Crippen LogP contribution in [0.4, 0.5) is 4.79 Å². The van der Waals surface area contributed by atoms with Gasteiger partial charge in [0.1, 0.15) is 5.60 Å². The average molecular weight is 312 g/mol. The molecule has 1 amide bonds. The maximum atomic E-state index is 11.5. The van der Waals surface area contributed by atoms with Gasteiger partial charge in [0.2, 0.25) is 0 Å². The number of amides is 1. The second-order valence-corrected chi connectivity index (χ2v) is 6.10. The van der Waals surface area contributed by atoms with Crippen molar-refractivity contribution in [3.63, 3.8) is 0 Å². The number of nitrogens with one attached hydrogen (secondary N) is 2. The Kier molecular flexibility index (Phi) is 5.07. The van der Waals surface area contributed by atoms with Crippen molar-refractivity contribution in [2.24, 2.45) is 0 Å². The van der Waals surface area contributed by atoms with Crippen LogP contribution >= 0.6 is 0 Å². The van der Waals surface area contributed by atoms with Crippen LogP contribution in [-0.2, 0) is 4.74 Å². The fourth-order valence-electron chi connectivity index (χ4n) is 2.03. The third-order valence-electron chi connectivity index (χ3n) is 2.99. The number of carbonyl (C=O) groups is 2. The predicted molar refractivity (Wildman–Crippen MR) is 89.4 cm³/mol. The van der Waals surface area contributed by atoms with Gasteiger partial charge in [0, 0.05) is 41.2 Å². The predicted octanol–water partition coefficient (Wildman–Crippen LogP) is 3.25. The molecule has 0 aliphatic rings. The highest BCUT2D eigenvalue weighted by Crippen LogP contribution is 2.17. The molecule has 23 heavy (non-hydrogen) atoms. The van der Waals surface area contributed by atoms with Gasteiger partial charge in [-0.2, -0.15) is 0 Å². The van der Waals surface area contributed by atoms with E-state index in [0.717, 1.165) is 22.8 Å². The number of H-pyrrole nitrogens is 1. The van der Waals surface area contributed by atoms with E-state index in [-0.39, 0.29) is 0 Å². The van der Waals surface area contributed by atoms with Crippen molar-refractivity contribution in [3.05, 3.63) is 35.5 Å². The van der Waals surface area contributed by atoms with Crippen LogP contribution in [0, 0.1) is 11.8 Å². The fraction of sp³-hybridized carbons (Fsp3) is 0.333. The number of carbonyl (C=O) groups excluding carboxylic acids is 2. The minimum atomic E-state index is -0.498. The number of hydrogen-bond acceptors (Lipinski definition) is 3. The molecule has 1 aromatic carbocycles. The number of aromatic amines is 1. The van der Waals surface area contributed by atoms with Crippen molar-refractivity contribution >= 4 is 23.3 Å². The van der Waals surface area contributed by atoms with Crippen LogP contribution < -0.4 is 5.32 Å². The van der Waals surface area contributed by atoms with E-state index >= 15 is 0 Å². The molecule has 0 aliphatic carbocycles. The zero-order valence-electron chi connectivity index (χ0n) is 13.5. The molecule has 0 atom stereocenters. The molecule has 0 saturated carbocycles. The first-order valence-corrected chi connectivity index (χ1v) is 7.41. The molecule has 0 radical (unpaired) electrons. The van der Waals surface area contributed by atoms with Crippen molar-refractivity contribution in [1.82, 2.24) is 10.3 Å². The van der Waals surface area contributed by atoms with Crippen molar-refractivity contribution in [2.75, 3.05) is 6.54 Å². The topological polar surface area (TPSA) is 71.2 Å². The van der Waals surface area contributed by atoms with Gasteiger partial charge in [-0.05, 0) is 32.9 Å². The summed E-state index contributed by atoms with van der Waals surface area (Å²) in [6, 6.07) is 5.65. The minimum absolute atomic E-state index is 0.432. The monoisotopic (exact) mass is 312 g/mol. The Labute approximate surface area is 135 Å². The third kappa shape index (κ3) is 4.89. The van der Waals surface area contributed by atoms with E-state index in [4.69, 9.17) is 4.74 Å². The second-order valence-electron chi connectivity index (χ2n) is 6.10. The summed E-state index contributed by atoms with van der Waals surface area (Å²) in [5.41, 5.74) is 1.88. The number of alkyl carbamates (subject to hydrolysis) is 1. The Morgan fingerprint density at radius 3 is 2.87 bits per heavy atom. The van der Waals surface area contributed by atoms with Crippen LogP contribution in [0.25, 0.3) is 10.9 Å². The van der Waals surface area contributed by atoms with E-state index in [2.05, 4.69) is 22.1 Å². The molecule has 2 rings (SSSR count). The summed E-state index contributed by atoms with van der Waals surface area (Å²) in [4.78, 5) is 25.4. The zero-order valence-corrected chi connectivity index (χ0v) is 13.5. The Morgan fingerprint density at radius 2 is 2.17 bits per heavy atom. The van der Waals surface area contributed by atoms with Gasteiger partial charge in [0.05, 0.1) is 0 Å². The standard InChI is InChI=1S/C18H20N2O3/c1-18(2,3)23-17(22)19-9-5-4-6-13-7-8-15-14(12-21)11-20-16(15)10-13/h7-8,10-12,20H,5,9H2,1-3H3,(H,19,22). The van der Waals surface area contributed by atoms with Gasteiger partial charge in [-0.3, -0.25) is 4.79 Å². The Bertz CT molecular complexity index is 773. The first-order valence-electron chi connectivity index (χ1n) is 7.41. The average Bonchev–Trinajstić information content (AvgIpc) is 2.87. The van der Waals surface area contributed by atoms with Gasteiger partial charge >= 0.3 is 6.09 Å². The van der Waals surface area contributed by atoms with E-state index in [1.165, 1.54) is 0 Å². The lowest BCUT2D eigenvalue weighted by atomic mass is 10.1. The van der Waals surface area contributed by atoms with Crippen LogP contribution in [0.2, 0.25) is 0 Å². The molecule has 120 valence electrons. The van der Waals surface area contributed by atoms with E-state index < -0.39 is 11.7 Å². The molecular weight excluding hydrogens is 292 g/mol. The number of fused-ring (bicyclic) bond motifs is 1. The summed E-state index contributed by atoms with van der Waals surface area (Å²) >= 11 is 0.